The zero-order valence-electron chi connectivity index (χ0n) is 14.2. The van der Waals surface area contributed by atoms with E-state index in [0.717, 1.165) is 22.9 Å². The monoisotopic (exact) mass is 379 g/mol. The number of benzene rings is 2. The SMILES string of the molecule is Cc1cccc(-c2ccc(S(=O)(=O)N3CCC(S(C)(=O)=O)C3)cc2)c1. The van der Waals surface area contributed by atoms with Gasteiger partial charge in [-0.3, -0.25) is 0 Å². The Morgan fingerprint density at radius 1 is 0.960 bits per heavy atom. The first-order valence-electron chi connectivity index (χ1n) is 8.04. The Hall–Kier alpha value is -1.70. The maximum atomic E-state index is 12.7. The molecule has 1 unspecified atom stereocenters. The fourth-order valence-corrected chi connectivity index (χ4v) is 5.64. The summed E-state index contributed by atoms with van der Waals surface area (Å²) in [7, 11) is -6.90. The van der Waals surface area contributed by atoms with Gasteiger partial charge < -0.3 is 0 Å². The van der Waals surface area contributed by atoms with Gasteiger partial charge in [0.25, 0.3) is 0 Å². The van der Waals surface area contributed by atoms with Crippen molar-refractivity contribution >= 4 is 19.9 Å². The third kappa shape index (κ3) is 3.78. The number of hydrogen-bond acceptors (Lipinski definition) is 4. The molecule has 1 atom stereocenters. The molecule has 0 amide bonds. The van der Waals surface area contributed by atoms with Crippen LogP contribution in [0.4, 0.5) is 0 Å². The molecular formula is C18H21NO4S2. The second-order valence-electron chi connectivity index (χ2n) is 6.50. The molecule has 2 aromatic rings. The van der Waals surface area contributed by atoms with Gasteiger partial charge in [-0.2, -0.15) is 4.31 Å². The Morgan fingerprint density at radius 3 is 2.20 bits per heavy atom. The highest BCUT2D eigenvalue weighted by molar-refractivity contribution is 7.91. The molecule has 7 heteroatoms. The van der Waals surface area contributed by atoms with Crippen LogP contribution in [0.1, 0.15) is 12.0 Å². The van der Waals surface area contributed by atoms with Crippen molar-refractivity contribution in [1.82, 2.24) is 4.31 Å². The van der Waals surface area contributed by atoms with E-state index in [0.29, 0.717) is 6.42 Å². The highest BCUT2D eigenvalue weighted by atomic mass is 32.2. The molecule has 1 fully saturated rings. The summed E-state index contributed by atoms with van der Waals surface area (Å²) in [5, 5.41) is -0.617. The number of rotatable bonds is 4. The van der Waals surface area contributed by atoms with E-state index in [1.54, 1.807) is 24.3 Å². The van der Waals surface area contributed by atoms with Crippen LogP contribution in [0.5, 0.6) is 0 Å². The van der Waals surface area contributed by atoms with Gasteiger partial charge in [0.05, 0.1) is 10.1 Å². The first-order valence-corrected chi connectivity index (χ1v) is 11.4. The normalized spacial score (nSPS) is 19.2. The molecule has 134 valence electrons. The minimum Gasteiger partial charge on any atom is -0.229 e. The van der Waals surface area contributed by atoms with E-state index in [1.165, 1.54) is 4.31 Å². The summed E-state index contributed by atoms with van der Waals surface area (Å²) < 4.78 is 50.0. The van der Waals surface area contributed by atoms with Crippen LogP contribution in [0.2, 0.25) is 0 Å². The molecule has 0 spiro atoms. The lowest BCUT2D eigenvalue weighted by Crippen LogP contribution is -2.31. The van der Waals surface area contributed by atoms with E-state index in [1.807, 2.05) is 31.2 Å². The van der Waals surface area contributed by atoms with E-state index in [9.17, 15) is 16.8 Å². The van der Waals surface area contributed by atoms with Gasteiger partial charge in [-0.05, 0) is 36.6 Å². The molecular weight excluding hydrogens is 358 g/mol. The van der Waals surface area contributed by atoms with E-state index in [-0.39, 0.29) is 18.0 Å². The van der Waals surface area contributed by atoms with Gasteiger partial charge in [-0.1, -0.05) is 42.0 Å². The van der Waals surface area contributed by atoms with Crippen LogP contribution < -0.4 is 0 Å². The van der Waals surface area contributed by atoms with Gasteiger partial charge in [0.1, 0.15) is 0 Å². The lowest BCUT2D eigenvalue weighted by Gasteiger charge is -2.16. The molecule has 0 aliphatic carbocycles. The van der Waals surface area contributed by atoms with Crippen LogP contribution >= 0.6 is 0 Å². The zero-order valence-corrected chi connectivity index (χ0v) is 15.8. The number of sulfonamides is 1. The molecule has 0 N–H and O–H groups in total. The Balaban J connectivity index is 1.84. The van der Waals surface area contributed by atoms with Crippen molar-refractivity contribution in [2.75, 3.05) is 19.3 Å². The number of nitrogens with zero attached hydrogens (tertiary/aromatic N) is 1. The Kier molecular flexibility index (Phi) is 4.74. The predicted molar refractivity (Wildman–Crippen MR) is 98.6 cm³/mol. The van der Waals surface area contributed by atoms with Crippen molar-refractivity contribution in [3.8, 4) is 11.1 Å². The van der Waals surface area contributed by atoms with E-state index in [2.05, 4.69) is 0 Å². The summed E-state index contributed by atoms with van der Waals surface area (Å²) in [5.41, 5.74) is 3.11. The van der Waals surface area contributed by atoms with Crippen LogP contribution in [-0.2, 0) is 19.9 Å². The summed E-state index contributed by atoms with van der Waals surface area (Å²) in [6.45, 7) is 2.27. The smallest absolute Gasteiger partial charge is 0.229 e. The van der Waals surface area contributed by atoms with Crippen LogP contribution in [0.15, 0.2) is 53.4 Å². The van der Waals surface area contributed by atoms with Crippen molar-refractivity contribution in [2.24, 2.45) is 0 Å². The molecule has 1 heterocycles. The highest BCUT2D eigenvalue weighted by Gasteiger charge is 2.36. The second kappa shape index (κ2) is 6.55. The van der Waals surface area contributed by atoms with Gasteiger partial charge in [0, 0.05) is 19.3 Å². The second-order valence-corrected chi connectivity index (χ2v) is 10.8. The first kappa shape index (κ1) is 18.1. The van der Waals surface area contributed by atoms with Gasteiger partial charge >= 0.3 is 0 Å². The maximum absolute atomic E-state index is 12.7. The molecule has 3 rings (SSSR count). The third-order valence-corrected chi connectivity index (χ3v) is 8.03. The molecule has 1 aliphatic rings. The molecule has 0 aromatic heterocycles. The molecule has 1 aliphatic heterocycles. The Bertz CT molecular complexity index is 980. The summed E-state index contributed by atoms with van der Waals surface area (Å²) in [4.78, 5) is 0.193. The molecule has 0 radical (unpaired) electrons. The fraction of sp³-hybridized carbons (Fsp3) is 0.333. The minimum atomic E-state index is -3.67. The zero-order chi connectivity index (χ0) is 18.2. The standard InChI is InChI=1S/C18H21NO4S2/c1-14-4-3-5-16(12-14)15-6-8-17(9-7-15)25(22,23)19-11-10-18(13-19)24(2,20)21/h3-9,12,18H,10-11,13H2,1-2H3. The predicted octanol–water partition coefficient (Wildman–Crippen LogP) is 2.47. The molecule has 1 saturated heterocycles. The Labute approximate surface area is 149 Å². The molecule has 25 heavy (non-hydrogen) atoms. The summed E-state index contributed by atoms with van der Waals surface area (Å²) in [5.74, 6) is 0. The van der Waals surface area contributed by atoms with E-state index in [4.69, 9.17) is 0 Å². The van der Waals surface area contributed by atoms with Crippen molar-refractivity contribution < 1.29 is 16.8 Å². The molecule has 0 bridgehead atoms. The first-order chi connectivity index (χ1) is 11.7. The molecule has 0 saturated carbocycles. The quantitative estimate of drug-likeness (QED) is 0.818. The fourth-order valence-electron chi connectivity index (χ4n) is 3.06. The largest absolute Gasteiger partial charge is 0.243 e. The maximum Gasteiger partial charge on any atom is 0.243 e. The lowest BCUT2D eigenvalue weighted by molar-refractivity contribution is 0.477. The summed E-state index contributed by atoms with van der Waals surface area (Å²) in [6.07, 6.45) is 1.50. The van der Waals surface area contributed by atoms with Crippen LogP contribution in [0.3, 0.4) is 0 Å². The highest BCUT2D eigenvalue weighted by Crippen LogP contribution is 2.27. The van der Waals surface area contributed by atoms with Crippen molar-refractivity contribution in [3.05, 3.63) is 54.1 Å². The number of hydrogen-bond donors (Lipinski definition) is 0. The summed E-state index contributed by atoms with van der Waals surface area (Å²) >= 11 is 0. The van der Waals surface area contributed by atoms with Gasteiger partial charge in [0.15, 0.2) is 9.84 Å². The van der Waals surface area contributed by atoms with E-state index >= 15 is 0 Å². The third-order valence-electron chi connectivity index (χ3n) is 4.56. The van der Waals surface area contributed by atoms with Gasteiger partial charge in [0.2, 0.25) is 10.0 Å². The van der Waals surface area contributed by atoms with Gasteiger partial charge in [-0.15, -0.1) is 0 Å². The Morgan fingerprint density at radius 2 is 1.64 bits per heavy atom. The van der Waals surface area contributed by atoms with Crippen LogP contribution in [0, 0.1) is 6.92 Å². The number of sulfone groups is 1. The van der Waals surface area contributed by atoms with Crippen LogP contribution in [0.25, 0.3) is 11.1 Å². The van der Waals surface area contributed by atoms with Crippen molar-refractivity contribution in [3.63, 3.8) is 0 Å². The minimum absolute atomic E-state index is 0.0286. The number of aryl methyl sites for hydroxylation is 1. The average Bonchev–Trinajstić information content (AvgIpc) is 3.06. The van der Waals surface area contributed by atoms with Crippen LogP contribution in [-0.4, -0.2) is 45.7 Å². The molecule has 2 aromatic carbocycles. The van der Waals surface area contributed by atoms with E-state index < -0.39 is 25.1 Å². The summed E-state index contributed by atoms with van der Waals surface area (Å²) in [6, 6.07) is 14.7. The average molecular weight is 380 g/mol. The lowest BCUT2D eigenvalue weighted by atomic mass is 10.0. The molecule has 5 nitrogen and oxygen atoms in total. The van der Waals surface area contributed by atoms with Crippen molar-refractivity contribution in [1.29, 1.82) is 0 Å². The van der Waals surface area contributed by atoms with Gasteiger partial charge in [-0.25, -0.2) is 16.8 Å². The van der Waals surface area contributed by atoms with Crippen molar-refractivity contribution in [2.45, 2.75) is 23.5 Å². The topological polar surface area (TPSA) is 71.5 Å².